The van der Waals surface area contributed by atoms with Gasteiger partial charge in [0.05, 0.1) is 29.5 Å². The van der Waals surface area contributed by atoms with Crippen molar-refractivity contribution in [3.05, 3.63) is 76.9 Å². The summed E-state index contributed by atoms with van der Waals surface area (Å²) in [5, 5.41) is 7.89. The van der Waals surface area contributed by atoms with Crippen molar-refractivity contribution in [2.24, 2.45) is 5.92 Å². The third kappa shape index (κ3) is 3.84. The number of carbonyl (C=O) groups excluding carboxylic acids is 1. The van der Waals surface area contributed by atoms with Gasteiger partial charge in [-0.15, -0.1) is 0 Å². The SMILES string of the molecule is Cc1ccnc(C(NC(=O)Cc2c(C)nn(-c3ccccc3)c2C)C2CC2)c1. The van der Waals surface area contributed by atoms with Gasteiger partial charge in [0.1, 0.15) is 0 Å². The maximum Gasteiger partial charge on any atom is 0.225 e. The number of aryl methyl sites for hydroxylation is 2. The van der Waals surface area contributed by atoms with Gasteiger partial charge in [-0.2, -0.15) is 5.10 Å². The molecule has 1 fully saturated rings. The molecule has 1 amide bonds. The van der Waals surface area contributed by atoms with Crippen molar-refractivity contribution >= 4 is 5.91 Å². The van der Waals surface area contributed by atoms with E-state index in [4.69, 9.17) is 0 Å². The molecule has 28 heavy (non-hydrogen) atoms. The number of aromatic nitrogens is 3. The Balaban J connectivity index is 1.53. The number of carbonyl (C=O) groups is 1. The summed E-state index contributed by atoms with van der Waals surface area (Å²) in [6.07, 6.45) is 4.44. The predicted octanol–water partition coefficient (Wildman–Crippen LogP) is 4.00. The van der Waals surface area contributed by atoms with E-state index < -0.39 is 0 Å². The van der Waals surface area contributed by atoms with Crippen LogP contribution in [0.2, 0.25) is 0 Å². The molecule has 144 valence electrons. The van der Waals surface area contributed by atoms with Crippen molar-refractivity contribution in [2.75, 3.05) is 0 Å². The number of hydrogen-bond donors (Lipinski definition) is 1. The molecule has 0 radical (unpaired) electrons. The first kappa shape index (κ1) is 18.4. The summed E-state index contributed by atoms with van der Waals surface area (Å²) >= 11 is 0. The Bertz CT molecular complexity index is 989. The normalized spacial score (nSPS) is 14.7. The molecule has 2 heterocycles. The lowest BCUT2D eigenvalue weighted by Crippen LogP contribution is -2.32. The van der Waals surface area contributed by atoms with E-state index in [1.807, 2.05) is 61.1 Å². The first-order chi connectivity index (χ1) is 13.5. The molecule has 1 aliphatic rings. The van der Waals surface area contributed by atoms with Crippen LogP contribution in [0.25, 0.3) is 5.69 Å². The summed E-state index contributed by atoms with van der Waals surface area (Å²) in [6, 6.07) is 14.1. The lowest BCUT2D eigenvalue weighted by atomic mass is 10.0. The molecular formula is C23H26N4O. The van der Waals surface area contributed by atoms with Crippen LogP contribution >= 0.6 is 0 Å². The van der Waals surface area contributed by atoms with Gasteiger partial charge in [0.25, 0.3) is 0 Å². The van der Waals surface area contributed by atoms with Crippen LogP contribution in [0.15, 0.2) is 48.7 Å². The maximum absolute atomic E-state index is 12.9. The molecule has 1 N–H and O–H groups in total. The van der Waals surface area contributed by atoms with Gasteiger partial charge in [-0.25, -0.2) is 4.68 Å². The minimum Gasteiger partial charge on any atom is -0.347 e. The van der Waals surface area contributed by atoms with E-state index in [-0.39, 0.29) is 11.9 Å². The van der Waals surface area contributed by atoms with Crippen LogP contribution in [0.5, 0.6) is 0 Å². The molecule has 5 heteroatoms. The van der Waals surface area contributed by atoms with Crippen LogP contribution in [0.3, 0.4) is 0 Å². The van der Waals surface area contributed by atoms with Crippen molar-refractivity contribution in [3.8, 4) is 5.69 Å². The monoisotopic (exact) mass is 374 g/mol. The van der Waals surface area contributed by atoms with Crippen LogP contribution in [0.4, 0.5) is 0 Å². The smallest absolute Gasteiger partial charge is 0.225 e. The summed E-state index contributed by atoms with van der Waals surface area (Å²) in [4.78, 5) is 17.4. The van der Waals surface area contributed by atoms with Crippen LogP contribution in [0.1, 0.15) is 47.1 Å². The largest absolute Gasteiger partial charge is 0.347 e. The predicted molar refractivity (Wildman–Crippen MR) is 109 cm³/mol. The molecule has 5 nitrogen and oxygen atoms in total. The summed E-state index contributed by atoms with van der Waals surface area (Å²) in [5.74, 6) is 0.520. The van der Waals surface area contributed by atoms with Gasteiger partial charge < -0.3 is 5.32 Å². The Morgan fingerprint density at radius 2 is 1.93 bits per heavy atom. The van der Waals surface area contributed by atoms with Gasteiger partial charge in [0.2, 0.25) is 5.91 Å². The topological polar surface area (TPSA) is 59.8 Å². The molecule has 4 rings (SSSR count). The van der Waals surface area contributed by atoms with Gasteiger partial charge in [0.15, 0.2) is 0 Å². The Morgan fingerprint density at radius 3 is 2.61 bits per heavy atom. The van der Waals surface area contributed by atoms with Crippen molar-refractivity contribution in [1.29, 1.82) is 0 Å². The van der Waals surface area contributed by atoms with Gasteiger partial charge in [0, 0.05) is 17.5 Å². The minimum atomic E-state index is -0.00261. The molecule has 1 aliphatic carbocycles. The summed E-state index contributed by atoms with van der Waals surface area (Å²) < 4.78 is 1.92. The molecule has 2 aromatic heterocycles. The fraction of sp³-hybridized carbons (Fsp3) is 0.348. The highest BCUT2D eigenvalue weighted by molar-refractivity contribution is 5.79. The molecular weight excluding hydrogens is 348 g/mol. The molecule has 1 aromatic carbocycles. The van der Waals surface area contributed by atoms with Crippen molar-refractivity contribution in [1.82, 2.24) is 20.1 Å². The molecule has 0 aliphatic heterocycles. The molecule has 1 unspecified atom stereocenters. The van der Waals surface area contributed by atoms with Crippen LogP contribution < -0.4 is 5.32 Å². The molecule has 0 spiro atoms. The van der Waals surface area contributed by atoms with E-state index in [2.05, 4.69) is 28.4 Å². The lowest BCUT2D eigenvalue weighted by molar-refractivity contribution is -0.121. The highest BCUT2D eigenvalue weighted by Crippen LogP contribution is 2.40. The second-order valence-electron chi connectivity index (χ2n) is 7.71. The summed E-state index contributed by atoms with van der Waals surface area (Å²) in [7, 11) is 0. The lowest BCUT2D eigenvalue weighted by Gasteiger charge is -2.18. The van der Waals surface area contributed by atoms with E-state index in [0.717, 1.165) is 41.2 Å². The van der Waals surface area contributed by atoms with Crippen molar-refractivity contribution in [2.45, 2.75) is 46.1 Å². The molecule has 1 atom stereocenters. The number of para-hydroxylation sites is 1. The number of rotatable bonds is 6. The Hall–Kier alpha value is -2.95. The maximum atomic E-state index is 12.9. The van der Waals surface area contributed by atoms with Gasteiger partial charge in [-0.1, -0.05) is 18.2 Å². The molecule has 0 bridgehead atoms. The zero-order chi connectivity index (χ0) is 19.7. The number of nitrogens with one attached hydrogen (secondary N) is 1. The van der Waals surface area contributed by atoms with E-state index in [1.165, 1.54) is 5.56 Å². The third-order valence-corrected chi connectivity index (χ3v) is 5.44. The third-order valence-electron chi connectivity index (χ3n) is 5.44. The second-order valence-corrected chi connectivity index (χ2v) is 7.71. The fourth-order valence-corrected chi connectivity index (χ4v) is 3.73. The van der Waals surface area contributed by atoms with Crippen molar-refractivity contribution in [3.63, 3.8) is 0 Å². The molecule has 1 saturated carbocycles. The summed E-state index contributed by atoms with van der Waals surface area (Å²) in [5.41, 5.74) is 6.04. The Morgan fingerprint density at radius 1 is 1.18 bits per heavy atom. The zero-order valence-corrected chi connectivity index (χ0v) is 16.6. The van der Waals surface area contributed by atoms with E-state index >= 15 is 0 Å². The Kier molecular flexibility index (Phi) is 4.99. The molecule has 0 saturated heterocycles. The quantitative estimate of drug-likeness (QED) is 0.709. The number of nitrogens with zero attached hydrogens (tertiary/aromatic N) is 3. The van der Waals surface area contributed by atoms with Crippen LogP contribution in [-0.2, 0) is 11.2 Å². The van der Waals surface area contributed by atoms with Gasteiger partial charge in [-0.05, 0) is 69.4 Å². The minimum absolute atomic E-state index is 0.00261. The number of amides is 1. The zero-order valence-electron chi connectivity index (χ0n) is 16.6. The van der Waals surface area contributed by atoms with E-state index in [9.17, 15) is 4.79 Å². The Labute approximate surface area is 165 Å². The molecule has 3 aromatic rings. The standard InChI is InChI=1S/C23H26N4O/c1-15-11-12-24-21(13-15)23(18-9-10-18)25-22(28)14-20-16(2)26-27(17(20)3)19-7-5-4-6-8-19/h4-8,11-13,18,23H,9-10,14H2,1-3H3,(H,25,28). The fourth-order valence-electron chi connectivity index (χ4n) is 3.73. The number of hydrogen-bond acceptors (Lipinski definition) is 3. The highest BCUT2D eigenvalue weighted by Gasteiger charge is 2.34. The summed E-state index contributed by atoms with van der Waals surface area (Å²) in [6.45, 7) is 6.05. The highest BCUT2D eigenvalue weighted by atomic mass is 16.1. The second kappa shape index (κ2) is 7.58. The van der Waals surface area contributed by atoms with Gasteiger partial charge in [-0.3, -0.25) is 9.78 Å². The first-order valence-corrected chi connectivity index (χ1v) is 9.85. The first-order valence-electron chi connectivity index (χ1n) is 9.85. The van der Waals surface area contributed by atoms with Crippen molar-refractivity contribution < 1.29 is 4.79 Å². The van der Waals surface area contributed by atoms with Crippen LogP contribution in [-0.4, -0.2) is 20.7 Å². The van der Waals surface area contributed by atoms with E-state index in [1.54, 1.807) is 0 Å². The van der Waals surface area contributed by atoms with E-state index in [0.29, 0.717) is 12.3 Å². The average molecular weight is 374 g/mol. The number of benzene rings is 1. The van der Waals surface area contributed by atoms with Gasteiger partial charge >= 0.3 is 0 Å². The average Bonchev–Trinajstić information content (AvgIpc) is 3.49. The number of pyridine rings is 1. The van der Waals surface area contributed by atoms with Crippen LogP contribution in [0, 0.1) is 26.7 Å².